The van der Waals surface area contributed by atoms with Crippen LogP contribution < -0.4 is 4.74 Å². The van der Waals surface area contributed by atoms with Crippen LogP contribution in [0.5, 0.6) is 5.75 Å². The maximum absolute atomic E-state index is 10.5. The zero-order valence-corrected chi connectivity index (χ0v) is 9.65. The maximum atomic E-state index is 10.5. The molecule has 1 rings (SSSR count). The number of carboxylic acids is 1. The first kappa shape index (κ1) is 12.5. The van der Waals surface area contributed by atoms with Crippen molar-refractivity contribution in [1.29, 1.82) is 0 Å². The normalized spacial score (nSPS) is 12.2. The summed E-state index contributed by atoms with van der Waals surface area (Å²) in [6.45, 7) is 3.73. The van der Waals surface area contributed by atoms with Crippen LogP contribution in [-0.4, -0.2) is 23.3 Å². The molecular formula is C12H16O4. The summed E-state index contributed by atoms with van der Waals surface area (Å²) in [5.41, 5.74) is 2.39. The van der Waals surface area contributed by atoms with E-state index in [1.54, 1.807) is 19.2 Å². The number of ether oxygens (including phenoxy) is 1. The summed E-state index contributed by atoms with van der Waals surface area (Å²) < 4.78 is 5.19. The van der Waals surface area contributed by atoms with Crippen LogP contribution in [0.15, 0.2) is 12.1 Å². The summed E-state index contributed by atoms with van der Waals surface area (Å²) in [5.74, 6) is -0.245. The van der Waals surface area contributed by atoms with Crippen LogP contribution in [-0.2, 0) is 4.79 Å². The summed E-state index contributed by atoms with van der Waals surface area (Å²) in [4.78, 5) is 10.5. The van der Waals surface area contributed by atoms with Gasteiger partial charge in [0, 0.05) is 0 Å². The van der Waals surface area contributed by atoms with Gasteiger partial charge in [0.1, 0.15) is 5.75 Å². The van der Waals surface area contributed by atoms with Gasteiger partial charge in [-0.1, -0.05) is 0 Å². The summed E-state index contributed by atoms with van der Waals surface area (Å²) in [6, 6.07) is 3.50. The molecule has 0 heterocycles. The Morgan fingerprint density at radius 3 is 2.25 bits per heavy atom. The first-order valence-electron chi connectivity index (χ1n) is 5.00. The summed E-state index contributed by atoms with van der Waals surface area (Å²) in [6.07, 6.45) is -1.26. The molecule has 0 bridgehead atoms. The lowest BCUT2D eigenvalue weighted by Crippen LogP contribution is -2.06. The molecule has 1 atom stereocenters. The number of hydrogen-bond donors (Lipinski definition) is 2. The molecule has 0 amide bonds. The maximum Gasteiger partial charge on any atom is 0.306 e. The van der Waals surface area contributed by atoms with Crippen LogP contribution in [0.3, 0.4) is 0 Å². The molecule has 0 saturated carbocycles. The predicted octanol–water partition coefficient (Wildman–Crippen LogP) is 1.82. The zero-order valence-electron chi connectivity index (χ0n) is 9.65. The molecule has 0 aromatic heterocycles. The second-order valence-electron chi connectivity index (χ2n) is 3.80. The number of carboxylic acid groups (broad SMARTS) is 1. The third-order valence-electron chi connectivity index (χ3n) is 2.44. The zero-order chi connectivity index (χ0) is 12.3. The Morgan fingerprint density at radius 1 is 1.38 bits per heavy atom. The number of benzene rings is 1. The number of aliphatic hydroxyl groups excluding tert-OH is 1. The van der Waals surface area contributed by atoms with Gasteiger partial charge in [-0.2, -0.15) is 0 Å². The van der Waals surface area contributed by atoms with Gasteiger partial charge in [-0.05, 0) is 42.7 Å². The van der Waals surface area contributed by atoms with E-state index in [1.165, 1.54) is 0 Å². The number of methoxy groups -OCH3 is 1. The van der Waals surface area contributed by atoms with Crippen molar-refractivity contribution in [2.75, 3.05) is 7.11 Å². The quantitative estimate of drug-likeness (QED) is 0.818. The highest BCUT2D eigenvalue weighted by Crippen LogP contribution is 2.28. The molecule has 4 heteroatoms. The van der Waals surface area contributed by atoms with Crippen LogP contribution in [0.4, 0.5) is 0 Å². The van der Waals surface area contributed by atoms with E-state index in [2.05, 4.69) is 0 Å². The lowest BCUT2D eigenvalue weighted by Gasteiger charge is -2.14. The molecule has 4 nitrogen and oxygen atoms in total. The van der Waals surface area contributed by atoms with Crippen molar-refractivity contribution in [2.45, 2.75) is 26.4 Å². The fraction of sp³-hybridized carbons (Fsp3) is 0.417. The van der Waals surface area contributed by atoms with Gasteiger partial charge in [0.05, 0.1) is 19.6 Å². The Labute approximate surface area is 94.5 Å². The third kappa shape index (κ3) is 2.73. The van der Waals surface area contributed by atoms with Crippen molar-refractivity contribution < 1.29 is 19.7 Å². The second-order valence-corrected chi connectivity index (χ2v) is 3.80. The largest absolute Gasteiger partial charge is 0.496 e. The monoisotopic (exact) mass is 224 g/mol. The molecule has 0 unspecified atom stereocenters. The van der Waals surface area contributed by atoms with Gasteiger partial charge >= 0.3 is 5.97 Å². The lowest BCUT2D eigenvalue weighted by molar-refractivity contribution is -0.139. The molecule has 0 spiro atoms. The number of carbonyl (C=O) groups is 1. The molecule has 0 fully saturated rings. The Hall–Kier alpha value is -1.55. The van der Waals surface area contributed by atoms with Crippen LogP contribution >= 0.6 is 0 Å². The lowest BCUT2D eigenvalue weighted by atomic mass is 10.0. The number of rotatable bonds is 4. The molecule has 88 valence electrons. The number of aliphatic hydroxyl groups is 1. The van der Waals surface area contributed by atoms with Gasteiger partial charge in [0.15, 0.2) is 0 Å². The van der Waals surface area contributed by atoms with E-state index < -0.39 is 12.1 Å². The van der Waals surface area contributed by atoms with Gasteiger partial charge < -0.3 is 14.9 Å². The SMILES string of the molecule is COc1c(C)cc([C@@H](O)CC(=O)O)cc1C. The molecule has 0 aliphatic rings. The summed E-state index contributed by atoms with van der Waals surface area (Å²) in [7, 11) is 1.59. The smallest absolute Gasteiger partial charge is 0.306 e. The predicted molar refractivity (Wildman–Crippen MR) is 59.7 cm³/mol. The van der Waals surface area contributed by atoms with Crippen LogP contribution in [0.1, 0.15) is 29.2 Å². The van der Waals surface area contributed by atoms with Crippen molar-refractivity contribution in [1.82, 2.24) is 0 Å². The molecule has 0 aliphatic carbocycles. The number of aliphatic carboxylic acids is 1. The number of hydrogen-bond acceptors (Lipinski definition) is 3. The van der Waals surface area contributed by atoms with Crippen molar-refractivity contribution in [3.63, 3.8) is 0 Å². The van der Waals surface area contributed by atoms with E-state index >= 15 is 0 Å². The Bertz CT molecular complexity index is 375. The molecule has 0 aliphatic heterocycles. The molecule has 1 aromatic rings. The average Bonchev–Trinajstić information content (AvgIpc) is 2.16. The van der Waals surface area contributed by atoms with Gasteiger partial charge in [0.25, 0.3) is 0 Å². The highest BCUT2D eigenvalue weighted by molar-refractivity contribution is 5.67. The van der Waals surface area contributed by atoms with Gasteiger partial charge in [-0.25, -0.2) is 0 Å². The third-order valence-corrected chi connectivity index (χ3v) is 2.44. The van der Waals surface area contributed by atoms with Gasteiger partial charge in [-0.15, -0.1) is 0 Å². The van der Waals surface area contributed by atoms with Crippen molar-refractivity contribution >= 4 is 5.97 Å². The molecule has 0 saturated heterocycles. The van der Waals surface area contributed by atoms with E-state index in [1.807, 2.05) is 13.8 Å². The first-order chi connectivity index (χ1) is 7.45. The first-order valence-corrected chi connectivity index (χ1v) is 5.00. The van der Waals surface area contributed by atoms with E-state index in [4.69, 9.17) is 9.84 Å². The van der Waals surface area contributed by atoms with Crippen molar-refractivity contribution in [3.05, 3.63) is 28.8 Å². The van der Waals surface area contributed by atoms with E-state index in [0.717, 1.165) is 16.9 Å². The standard InChI is InChI=1S/C12H16O4/c1-7-4-9(10(13)6-11(14)15)5-8(2)12(7)16-3/h4-5,10,13H,6H2,1-3H3,(H,14,15)/t10-/m0/s1. The topological polar surface area (TPSA) is 66.8 Å². The Morgan fingerprint density at radius 2 is 1.88 bits per heavy atom. The van der Waals surface area contributed by atoms with Crippen LogP contribution in [0, 0.1) is 13.8 Å². The minimum Gasteiger partial charge on any atom is -0.496 e. The van der Waals surface area contributed by atoms with Crippen LogP contribution in [0.2, 0.25) is 0 Å². The van der Waals surface area contributed by atoms with Crippen molar-refractivity contribution in [3.8, 4) is 5.75 Å². The minimum atomic E-state index is -1.02. The van der Waals surface area contributed by atoms with Crippen molar-refractivity contribution in [2.24, 2.45) is 0 Å². The second kappa shape index (κ2) is 4.99. The highest BCUT2D eigenvalue weighted by Gasteiger charge is 2.14. The molecular weight excluding hydrogens is 208 g/mol. The van der Waals surface area contributed by atoms with Gasteiger partial charge in [0.2, 0.25) is 0 Å². The molecule has 2 N–H and O–H groups in total. The summed E-state index contributed by atoms with van der Waals surface area (Å²) >= 11 is 0. The van der Waals surface area contributed by atoms with E-state index in [-0.39, 0.29) is 6.42 Å². The summed E-state index contributed by atoms with van der Waals surface area (Å²) in [5, 5.41) is 18.3. The average molecular weight is 224 g/mol. The van der Waals surface area contributed by atoms with Crippen LogP contribution in [0.25, 0.3) is 0 Å². The molecule has 16 heavy (non-hydrogen) atoms. The number of aryl methyl sites for hydroxylation is 2. The van der Waals surface area contributed by atoms with E-state index in [0.29, 0.717) is 5.56 Å². The van der Waals surface area contributed by atoms with E-state index in [9.17, 15) is 9.90 Å². The highest BCUT2D eigenvalue weighted by atomic mass is 16.5. The fourth-order valence-corrected chi connectivity index (χ4v) is 1.78. The Kier molecular flexibility index (Phi) is 3.90. The minimum absolute atomic E-state index is 0.286. The molecule has 0 radical (unpaired) electrons. The Balaban J connectivity index is 3.03. The molecule has 1 aromatic carbocycles. The fourth-order valence-electron chi connectivity index (χ4n) is 1.78. The van der Waals surface area contributed by atoms with Gasteiger partial charge in [-0.3, -0.25) is 4.79 Å².